The zero-order chi connectivity index (χ0) is 23.0. The summed E-state index contributed by atoms with van der Waals surface area (Å²) in [6.07, 6.45) is 8.26. The molecule has 2 rings (SSSR count). The largest absolute Gasteiger partial charge is 0.461 e. The van der Waals surface area contributed by atoms with Gasteiger partial charge in [0, 0.05) is 18.9 Å². The number of unbranched alkanes of at least 4 members (excludes halogenated alkanes) is 5. The van der Waals surface area contributed by atoms with Crippen molar-refractivity contribution in [2.24, 2.45) is 0 Å². The van der Waals surface area contributed by atoms with Crippen LogP contribution in [0.2, 0.25) is 0 Å². The van der Waals surface area contributed by atoms with E-state index < -0.39 is 5.79 Å². The minimum Gasteiger partial charge on any atom is -0.461 e. The number of halogens is 1. The number of nitrogens with zero attached hydrogens (tertiary/aromatic N) is 1. The third-order valence-corrected chi connectivity index (χ3v) is 5.86. The summed E-state index contributed by atoms with van der Waals surface area (Å²) >= 11 is 5.60. The summed E-state index contributed by atoms with van der Waals surface area (Å²) in [7, 11) is 4.51. The highest BCUT2D eigenvalue weighted by atomic mass is 35.5. The molecular weight excluding hydrogens is 406 g/mol. The number of hydrogen-bond donors (Lipinski definition) is 0. The van der Waals surface area contributed by atoms with Crippen LogP contribution in [0.4, 0.5) is 0 Å². The summed E-state index contributed by atoms with van der Waals surface area (Å²) in [5.74, 6) is 0.0462. The first-order valence-electron chi connectivity index (χ1n) is 11.7. The van der Waals surface area contributed by atoms with Gasteiger partial charge in [0.05, 0.1) is 32.5 Å². The van der Waals surface area contributed by atoms with E-state index in [1.165, 1.54) is 44.2 Å². The van der Waals surface area contributed by atoms with Crippen molar-refractivity contribution in [2.75, 3.05) is 20.6 Å². The van der Waals surface area contributed by atoms with Crippen molar-refractivity contribution in [1.82, 2.24) is 0 Å². The molecule has 0 amide bonds. The molecule has 1 unspecified atom stereocenters. The minimum atomic E-state index is -0.742. The lowest BCUT2D eigenvalue weighted by molar-refractivity contribution is -0.901. The van der Waals surface area contributed by atoms with Gasteiger partial charge in [-0.3, -0.25) is 0 Å². The van der Waals surface area contributed by atoms with Crippen molar-refractivity contribution in [3.8, 4) is 5.75 Å². The molecular formula is C27H43ClNO2+. The fraction of sp³-hybridized carbons (Fsp3) is 0.556. The Hall–Kier alpha value is -1.55. The Morgan fingerprint density at radius 1 is 0.806 bits per heavy atom. The van der Waals surface area contributed by atoms with E-state index in [1.54, 1.807) is 0 Å². The van der Waals surface area contributed by atoms with Gasteiger partial charge < -0.3 is 9.22 Å². The Morgan fingerprint density at radius 2 is 1.35 bits per heavy atom. The van der Waals surface area contributed by atoms with Crippen LogP contribution < -0.4 is 4.74 Å². The van der Waals surface area contributed by atoms with Gasteiger partial charge in [-0.2, -0.15) is 0 Å². The summed E-state index contributed by atoms with van der Waals surface area (Å²) < 4.78 is 11.9. The van der Waals surface area contributed by atoms with Crippen LogP contribution in [0, 0.1) is 0 Å². The zero-order valence-corrected chi connectivity index (χ0v) is 21.0. The summed E-state index contributed by atoms with van der Waals surface area (Å²) in [5, 5.41) is 0. The van der Waals surface area contributed by atoms with Crippen LogP contribution in [0.3, 0.4) is 0 Å². The van der Waals surface area contributed by atoms with E-state index in [4.69, 9.17) is 20.9 Å². The Morgan fingerprint density at radius 3 is 1.90 bits per heavy atom. The maximum Gasteiger partial charge on any atom is 0.226 e. The maximum atomic E-state index is 5.82. The average molecular weight is 449 g/mol. The van der Waals surface area contributed by atoms with Crippen molar-refractivity contribution in [3.05, 3.63) is 66.2 Å². The van der Waals surface area contributed by atoms with Gasteiger partial charge in [0.1, 0.15) is 12.3 Å². The summed E-state index contributed by atoms with van der Waals surface area (Å²) in [6, 6.07) is 20.3. The number of rotatable bonds is 13. The quantitative estimate of drug-likeness (QED) is 0.175. The fourth-order valence-corrected chi connectivity index (χ4v) is 3.37. The standard InChI is InChI=1S/C16H25ClO2.C11H18N/c1-3-4-5-6-7-11-14-16(2,19-17)18-15-12-9-8-10-13-15;1-4-12(2,3)10-11-8-6-5-7-9-11/h8-10,12-13H,3-7,11,14H2,1-2H3;5-9H,4,10H2,1-3H3/q;+1. The first kappa shape index (κ1) is 27.5. The Bertz CT molecular complexity index is 678. The van der Waals surface area contributed by atoms with E-state index in [1.807, 2.05) is 37.3 Å². The molecule has 0 radical (unpaired) electrons. The van der Waals surface area contributed by atoms with E-state index in [0.717, 1.165) is 29.6 Å². The fourth-order valence-electron chi connectivity index (χ4n) is 3.26. The summed E-state index contributed by atoms with van der Waals surface area (Å²) in [6.45, 7) is 8.64. The second kappa shape index (κ2) is 15.3. The number of ether oxygens (including phenoxy) is 1. The maximum absolute atomic E-state index is 5.82. The summed E-state index contributed by atoms with van der Waals surface area (Å²) in [4.78, 5) is 0. The van der Waals surface area contributed by atoms with E-state index in [-0.39, 0.29) is 0 Å². The van der Waals surface area contributed by atoms with Crippen molar-refractivity contribution in [2.45, 2.75) is 78.0 Å². The van der Waals surface area contributed by atoms with Gasteiger partial charge in [0.25, 0.3) is 0 Å². The van der Waals surface area contributed by atoms with Crippen LogP contribution in [-0.4, -0.2) is 30.9 Å². The lowest BCUT2D eigenvalue weighted by atomic mass is 10.1. The third kappa shape index (κ3) is 12.8. The van der Waals surface area contributed by atoms with E-state index in [9.17, 15) is 0 Å². The molecule has 0 aliphatic heterocycles. The van der Waals surface area contributed by atoms with Gasteiger partial charge in [-0.25, -0.2) is 4.29 Å². The predicted octanol–water partition coefficient (Wildman–Crippen LogP) is 7.99. The van der Waals surface area contributed by atoms with Gasteiger partial charge >= 0.3 is 0 Å². The number of benzene rings is 2. The molecule has 0 bridgehead atoms. The van der Waals surface area contributed by atoms with Gasteiger partial charge in [0.15, 0.2) is 0 Å². The molecule has 0 aliphatic carbocycles. The topological polar surface area (TPSA) is 18.5 Å². The molecule has 0 saturated heterocycles. The Balaban J connectivity index is 0.000000343. The monoisotopic (exact) mass is 448 g/mol. The Labute approximate surface area is 196 Å². The first-order chi connectivity index (χ1) is 14.8. The van der Waals surface area contributed by atoms with E-state index >= 15 is 0 Å². The molecule has 0 heterocycles. The normalized spacial score (nSPS) is 13.1. The van der Waals surface area contributed by atoms with E-state index in [0.29, 0.717) is 0 Å². The van der Waals surface area contributed by atoms with Gasteiger partial charge in [-0.15, -0.1) is 0 Å². The molecule has 3 nitrogen and oxygen atoms in total. The smallest absolute Gasteiger partial charge is 0.226 e. The van der Waals surface area contributed by atoms with Gasteiger partial charge in [0.2, 0.25) is 5.79 Å². The first-order valence-corrected chi connectivity index (χ1v) is 12.0. The number of quaternary nitrogens is 1. The molecule has 174 valence electrons. The third-order valence-electron chi connectivity index (χ3n) is 5.53. The van der Waals surface area contributed by atoms with Crippen LogP contribution in [-0.2, 0) is 10.8 Å². The van der Waals surface area contributed by atoms with Crippen molar-refractivity contribution in [1.29, 1.82) is 0 Å². The molecule has 4 heteroatoms. The Kier molecular flexibility index (Phi) is 13.6. The second-order valence-electron chi connectivity index (χ2n) is 9.04. The van der Waals surface area contributed by atoms with Gasteiger partial charge in [-0.1, -0.05) is 87.6 Å². The SMILES string of the molecule is CCCCCCCCC(C)(OCl)Oc1ccccc1.CC[N+](C)(C)Cc1ccccc1. The second-order valence-corrected chi connectivity index (χ2v) is 9.19. The van der Waals surface area contributed by atoms with Crippen molar-refractivity contribution in [3.63, 3.8) is 0 Å². The predicted molar refractivity (Wildman–Crippen MR) is 133 cm³/mol. The lowest BCUT2D eigenvalue weighted by Crippen LogP contribution is -2.38. The highest BCUT2D eigenvalue weighted by molar-refractivity contribution is 6.07. The van der Waals surface area contributed by atoms with Gasteiger partial charge in [-0.05, 0) is 25.5 Å². The number of para-hydroxylation sites is 1. The van der Waals surface area contributed by atoms with Crippen LogP contribution in [0.1, 0.15) is 71.3 Å². The van der Waals surface area contributed by atoms with Crippen LogP contribution in [0.15, 0.2) is 60.7 Å². The molecule has 0 spiro atoms. The molecule has 0 saturated carbocycles. The highest BCUT2D eigenvalue weighted by Gasteiger charge is 2.26. The average Bonchev–Trinajstić information content (AvgIpc) is 2.78. The minimum absolute atomic E-state index is 0.742. The molecule has 0 aliphatic rings. The van der Waals surface area contributed by atoms with E-state index in [2.05, 4.69) is 58.3 Å². The van der Waals surface area contributed by atoms with Crippen LogP contribution >= 0.6 is 11.9 Å². The molecule has 31 heavy (non-hydrogen) atoms. The molecule has 0 aromatic heterocycles. The highest BCUT2D eigenvalue weighted by Crippen LogP contribution is 2.26. The molecule has 2 aromatic carbocycles. The van der Waals surface area contributed by atoms with Crippen molar-refractivity contribution < 1.29 is 13.5 Å². The van der Waals surface area contributed by atoms with Crippen LogP contribution in [0.25, 0.3) is 0 Å². The van der Waals surface area contributed by atoms with Crippen molar-refractivity contribution >= 4 is 11.9 Å². The zero-order valence-electron chi connectivity index (χ0n) is 20.3. The lowest BCUT2D eigenvalue weighted by Gasteiger charge is -2.28. The number of hydrogen-bond acceptors (Lipinski definition) is 2. The summed E-state index contributed by atoms with van der Waals surface area (Å²) in [5.41, 5.74) is 1.42. The molecule has 0 N–H and O–H groups in total. The van der Waals surface area contributed by atoms with Crippen LogP contribution in [0.5, 0.6) is 5.75 Å². The molecule has 0 fully saturated rings. The molecule has 2 aromatic rings. The molecule has 1 atom stereocenters.